The van der Waals surface area contributed by atoms with Gasteiger partial charge < -0.3 is 5.73 Å². The molecule has 2 rings (SSSR count). The summed E-state index contributed by atoms with van der Waals surface area (Å²) in [5.41, 5.74) is 6.15. The maximum atomic E-state index is 13.1. The van der Waals surface area contributed by atoms with E-state index in [1.165, 1.54) is 12.1 Å². The van der Waals surface area contributed by atoms with Gasteiger partial charge in [-0.2, -0.15) is 18.3 Å². The van der Waals surface area contributed by atoms with Crippen molar-refractivity contribution < 1.29 is 13.2 Å². The van der Waals surface area contributed by atoms with Crippen LogP contribution < -0.4 is 5.73 Å². The first-order valence-electron chi connectivity index (χ1n) is 6.30. The Morgan fingerprint density at radius 1 is 1.25 bits per heavy atom. The van der Waals surface area contributed by atoms with E-state index in [1.807, 2.05) is 13.8 Å². The predicted molar refractivity (Wildman–Crippen MR) is 72.0 cm³/mol. The van der Waals surface area contributed by atoms with Crippen LogP contribution in [0.3, 0.4) is 0 Å². The normalized spacial score (nSPS) is 12.1. The van der Waals surface area contributed by atoms with Crippen LogP contribution in [-0.4, -0.2) is 10.2 Å². The number of H-pyrrole nitrogens is 1. The molecule has 3 N–H and O–H groups in total. The molecule has 3 nitrogen and oxygen atoms in total. The monoisotopic (exact) mass is 283 g/mol. The van der Waals surface area contributed by atoms with Crippen molar-refractivity contribution in [1.29, 1.82) is 0 Å². The summed E-state index contributed by atoms with van der Waals surface area (Å²) in [6.45, 7) is 3.96. The largest absolute Gasteiger partial charge is 0.417 e. The fourth-order valence-electron chi connectivity index (χ4n) is 2.17. The quantitative estimate of drug-likeness (QED) is 0.898. The van der Waals surface area contributed by atoms with E-state index >= 15 is 0 Å². The summed E-state index contributed by atoms with van der Waals surface area (Å²) >= 11 is 0. The van der Waals surface area contributed by atoms with Gasteiger partial charge in [0.25, 0.3) is 0 Å². The molecule has 2 aromatic rings. The van der Waals surface area contributed by atoms with Crippen LogP contribution in [0, 0.1) is 5.92 Å². The van der Waals surface area contributed by atoms with Gasteiger partial charge in [-0.15, -0.1) is 0 Å². The van der Waals surface area contributed by atoms with Crippen LogP contribution in [-0.2, 0) is 12.6 Å². The summed E-state index contributed by atoms with van der Waals surface area (Å²) in [6.07, 6.45) is -3.84. The third-order valence-corrected chi connectivity index (χ3v) is 3.01. The van der Waals surface area contributed by atoms with Gasteiger partial charge in [0.05, 0.1) is 11.3 Å². The van der Waals surface area contributed by atoms with Crippen LogP contribution in [0.4, 0.5) is 19.0 Å². The number of halogens is 3. The number of nitrogens with one attached hydrogen (secondary N) is 1. The van der Waals surface area contributed by atoms with Gasteiger partial charge >= 0.3 is 6.18 Å². The molecule has 0 atom stereocenters. The summed E-state index contributed by atoms with van der Waals surface area (Å²) in [4.78, 5) is 0. The van der Waals surface area contributed by atoms with Crippen molar-refractivity contribution in [3.05, 3.63) is 35.4 Å². The summed E-state index contributed by atoms with van der Waals surface area (Å²) in [5.74, 6) is 0.525. The van der Waals surface area contributed by atoms with E-state index in [2.05, 4.69) is 10.2 Å². The Labute approximate surface area is 115 Å². The van der Waals surface area contributed by atoms with Crippen LogP contribution in [0.2, 0.25) is 0 Å². The molecule has 0 aliphatic rings. The molecule has 0 saturated carbocycles. The number of alkyl halides is 3. The standard InChI is InChI=1S/C14H16F3N3/c1-8(2)7-10-12(19-20-13(10)18)9-5-3-4-6-11(9)14(15,16)17/h3-6,8H,7H2,1-2H3,(H3,18,19,20). The smallest absolute Gasteiger partial charge is 0.382 e. The second-order valence-electron chi connectivity index (χ2n) is 5.10. The Morgan fingerprint density at radius 3 is 2.50 bits per heavy atom. The molecule has 0 bridgehead atoms. The van der Waals surface area contributed by atoms with Gasteiger partial charge in [0.2, 0.25) is 0 Å². The molecule has 0 unspecified atom stereocenters. The van der Waals surface area contributed by atoms with Gasteiger partial charge in [-0.05, 0) is 18.4 Å². The fourth-order valence-corrected chi connectivity index (χ4v) is 2.17. The lowest BCUT2D eigenvalue weighted by molar-refractivity contribution is -0.137. The Hall–Kier alpha value is -1.98. The first kappa shape index (κ1) is 14.4. The molecule has 0 aliphatic carbocycles. The molecule has 6 heteroatoms. The number of nitrogens with zero attached hydrogens (tertiary/aromatic N) is 1. The molecule has 0 aliphatic heterocycles. The lowest BCUT2D eigenvalue weighted by Crippen LogP contribution is -2.08. The average molecular weight is 283 g/mol. The van der Waals surface area contributed by atoms with Gasteiger partial charge in [0, 0.05) is 11.1 Å². The van der Waals surface area contributed by atoms with Gasteiger partial charge in [-0.25, -0.2) is 0 Å². The highest BCUT2D eigenvalue weighted by molar-refractivity contribution is 5.71. The molecule has 1 aromatic heterocycles. The summed E-state index contributed by atoms with van der Waals surface area (Å²) in [7, 11) is 0. The maximum absolute atomic E-state index is 13.1. The number of aromatic nitrogens is 2. The van der Waals surface area contributed by atoms with Gasteiger partial charge in [0.15, 0.2) is 0 Å². The Balaban J connectivity index is 2.58. The number of nitrogens with two attached hydrogens (primary N) is 1. The molecule has 1 aromatic carbocycles. The van der Waals surface area contributed by atoms with Crippen molar-refractivity contribution in [1.82, 2.24) is 10.2 Å². The SMILES string of the molecule is CC(C)Cc1c(N)n[nH]c1-c1ccccc1C(F)(F)F. The molecule has 108 valence electrons. The van der Waals surface area contributed by atoms with E-state index < -0.39 is 11.7 Å². The Morgan fingerprint density at radius 2 is 1.90 bits per heavy atom. The average Bonchev–Trinajstić information content (AvgIpc) is 2.69. The topological polar surface area (TPSA) is 54.7 Å². The zero-order valence-electron chi connectivity index (χ0n) is 11.3. The molecule has 0 radical (unpaired) electrons. The minimum Gasteiger partial charge on any atom is -0.382 e. The molecule has 0 fully saturated rings. The van der Waals surface area contributed by atoms with Crippen molar-refractivity contribution in [3.8, 4) is 11.3 Å². The molecule has 0 saturated heterocycles. The highest BCUT2D eigenvalue weighted by Gasteiger charge is 2.34. The predicted octanol–water partition coefficient (Wildman–Crippen LogP) is 3.88. The third-order valence-electron chi connectivity index (χ3n) is 3.01. The van der Waals surface area contributed by atoms with E-state index in [0.717, 1.165) is 6.07 Å². The van der Waals surface area contributed by atoms with Crippen LogP contribution in [0.1, 0.15) is 25.0 Å². The van der Waals surface area contributed by atoms with Crippen LogP contribution in [0.25, 0.3) is 11.3 Å². The molecular formula is C14H16F3N3. The zero-order chi connectivity index (χ0) is 14.9. The van der Waals surface area contributed by atoms with Crippen molar-refractivity contribution >= 4 is 5.82 Å². The first-order chi connectivity index (χ1) is 9.30. The second-order valence-corrected chi connectivity index (χ2v) is 5.10. The van der Waals surface area contributed by atoms with Crippen molar-refractivity contribution in [2.24, 2.45) is 5.92 Å². The van der Waals surface area contributed by atoms with Crippen molar-refractivity contribution in [3.63, 3.8) is 0 Å². The van der Waals surface area contributed by atoms with Crippen LogP contribution in [0.15, 0.2) is 24.3 Å². The van der Waals surface area contributed by atoms with Gasteiger partial charge in [-0.3, -0.25) is 5.10 Å². The van der Waals surface area contributed by atoms with Gasteiger partial charge in [0.1, 0.15) is 5.82 Å². The second kappa shape index (κ2) is 5.19. The highest BCUT2D eigenvalue weighted by Crippen LogP contribution is 2.38. The molecule has 0 amide bonds. The molecule has 0 spiro atoms. The Bertz CT molecular complexity index is 600. The van der Waals surface area contributed by atoms with Crippen molar-refractivity contribution in [2.45, 2.75) is 26.4 Å². The summed E-state index contributed by atoms with van der Waals surface area (Å²) in [5, 5.41) is 6.49. The van der Waals surface area contributed by atoms with Crippen LogP contribution >= 0.6 is 0 Å². The fraction of sp³-hybridized carbons (Fsp3) is 0.357. The van der Waals surface area contributed by atoms with E-state index in [4.69, 9.17) is 5.73 Å². The van der Waals surface area contributed by atoms with E-state index in [-0.39, 0.29) is 17.3 Å². The maximum Gasteiger partial charge on any atom is 0.417 e. The number of anilines is 1. The van der Waals surface area contributed by atoms with E-state index in [9.17, 15) is 13.2 Å². The van der Waals surface area contributed by atoms with E-state index in [1.54, 1.807) is 6.07 Å². The molecule has 20 heavy (non-hydrogen) atoms. The lowest BCUT2D eigenvalue weighted by atomic mass is 9.96. The third kappa shape index (κ3) is 2.79. The van der Waals surface area contributed by atoms with Crippen molar-refractivity contribution in [2.75, 3.05) is 5.73 Å². The molecular weight excluding hydrogens is 267 g/mol. The Kier molecular flexibility index (Phi) is 3.74. The summed E-state index contributed by atoms with van der Waals surface area (Å²) in [6, 6.07) is 5.43. The van der Waals surface area contributed by atoms with Gasteiger partial charge in [-0.1, -0.05) is 32.0 Å². The summed E-state index contributed by atoms with van der Waals surface area (Å²) < 4.78 is 39.2. The number of aromatic amines is 1. The number of hydrogen-bond acceptors (Lipinski definition) is 2. The lowest BCUT2D eigenvalue weighted by Gasteiger charge is -2.13. The highest BCUT2D eigenvalue weighted by atomic mass is 19.4. The molecule has 1 heterocycles. The zero-order valence-corrected chi connectivity index (χ0v) is 11.3. The number of rotatable bonds is 3. The number of nitrogen functional groups attached to an aromatic ring is 1. The first-order valence-corrected chi connectivity index (χ1v) is 6.30. The van der Waals surface area contributed by atoms with E-state index in [0.29, 0.717) is 17.7 Å². The number of hydrogen-bond donors (Lipinski definition) is 2. The number of benzene rings is 1. The minimum absolute atomic E-state index is 0.0832. The van der Waals surface area contributed by atoms with Crippen LogP contribution in [0.5, 0.6) is 0 Å². The minimum atomic E-state index is -4.41.